The molecule has 1 N–H and O–H groups in total. The van der Waals surface area contributed by atoms with Crippen molar-refractivity contribution in [2.75, 3.05) is 44.7 Å². The van der Waals surface area contributed by atoms with Crippen molar-refractivity contribution in [2.45, 2.75) is 31.4 Å². The van der Waals surface area contributed by atoms with Gasteiger partial charge in [-0.25, -0.2) is 13.8 Å². The molecule has 2 saturated heterocycles. The van der Waals surface area contributed by atoms with Gasteiger partial charge in [-0.2, -0.15) is 0 Å². The summed E-state index contributed by atoms with van der Waals surface area (Å²) in [6.07, 6.45) is 2.32. The van der Waals surface area contributed by atoms with E-state index in [0.717, 1.165) is 6.07 Å². The lowest BCUT2D eigenvalue weighted by Gasteiger charge is -2.37. The maximum Gasteiger partial charge on any atom is 0.263 e. The van der Waals surface area contributed by atoms with Gasteiger partial charge in [0.25, 0.3) is 11.8 Å². The molecule has 35 heavy (non-hydrogen) atoms. The average Bonchev–Trinajstić information content (AvgIpc) is 3.20. The van der Waals surface area contributed by atoms with Crippen LogP contribution in [0.1, 0.15) is 29.6 Å². The number of hydrogen-bond acceptors (Lipinski definition) is 6. The van der Waals surface area contributed by atoms with Crippen LogP contribution >= 0.6 is 11.6 Å². The van der Waals surface area contributed by atoms with E-state index in [1.165, 1.54) is 36.3 Å². The monoisotopic (exact) mass is 508 g/mol. The van der Waals surface area contributed by atoms with Crippen molar-refractivity contribution in [3.63, 3.8) is 0 Å². The molecule has 2 amide bonds. The molecule has 0 bridgehead atoms. The van der Waals surface area contributed by atoms with E-state index in [1.54, 1.807) is 4.90 Å². The summed E-state index contributed by atoms with van der Waals surface area (Å²) in [5.41, 5.74) is 0.128. The van der Waals surface area contributed by atoms with E-state index >= 15 is 0 Å². The number of likely N-dealkylation sites (tertiary alicyclic amines) is 1. The summed E-state index contributed by atoms with van der Waals surface area (Å²) < 4.78 is 34.5. The zero-order valence-electron chi connectivity index (χ0n) is 19.3. The number of nitrogens with zero attached hydrogens (tertiary/aromatic N) is 4. The van der Waals surface area contributed by atoms with Gasteiger partial charge in [0.1, 0.15) is 0 Å². The van der Waals surface area contributed by atoms with Gasteiger partial charge in [0.05, 0.1) is 11.6 Å². The van der Waals surface area contributed by atoms with Gasteiger partial charge >= 0.3 is 0 Å². The number of halogens is 3. The molecule has 1 aromatic carbocycles. The molecule has 188 valence electrons. The Kier molecular flexibility index (Phi) is 7.71. The number of ether oxygens (including phenoxy) is 1. The van der Waals surface area contributed by atoms with E-state index in [0.29, 0.717) is 38.9 Å². The number of likely N-dealkylation sites (N-methyl/N-ethyl adjacent to an activating group) is 1. The van der Waals surface area contributed by atoms with Crippen LogP contribution in [0.4, 0.5) is 14.6 Å². The Bertz CT molecular complexity index is 1100. The first kappa shape index (κ1) is 25.1. The second kappa shape index (κ2) is 10.7. The lowest BCUT2D eigenvalue weighted by Crippen LogP contribution is -2.47. The number of rotatable bonds is 7. The fourth-order valence-electron chi connectivity index (χ4n) is 4.53. The van der Waals surface area contributed by atoms with E-state index < -0.39 is 23.6 Å². The van der Waals surface area contributed by atoms with Gasteiger partial charge in [-0.1, -0.05) is 11.6 Å². The van der Waals surface area contributed by atoms with Crippen LogP contribution in [0.15, 0.2) is 30.5 Å². The standard InChI is InChI=1S/C24H27ClF2N4O4/c1-29(10-11-32)23(33)15-2-3-20(18(26)12-15)35-21-6-9-31(24(21)34)17-4-7-30(8-5-17)22-19(27)13-16(25)14-28-22/h2-3,12-14,17,21,32H,4-11H2,1H3. The van der Waals surface area contributed by atoms with Gasteiger partial charge in [-0.05, 0) is 37.1 Å². The van der Waals surface area contributed by atoms with Crippen LogP contribution in [0, 0.1) is 11.6 Å². The molecule has 4 rings (SSSR count). The first-order valence-electron chi connectivity index (χ1n) is 11.5. The first-order chi connectivity index (χ1) is 16.8. The fraction of sp³-hybridized carbons (Fsp3) is 0.458. The molecule has 8 nitrogen and oxygen atoms in total. The fourth-order valence-corrected chi connectivity index (χ4v) is 4.68. The topological polar surface area (TPSA) is 86.2 Å². The smallest absolute Gasteiger partial charge is 0.263 e. The summed E-state index contributed by atoms with van der Waals surface area (Å²) in [4.78, 5) is 34.2. The third kappa shape index (κ3) is 5.48. The van der Waals surface area contributed by atoms with Crippen molar-refractivity contribution in [1.29, 1.82) is 0 Å². The Labute approximate surface area is 207 Å². The maximum absolute atomic E-state index is 14.6. The molecule has 2 fully saturated rings. The Morgan fingerprint density at radius 2 is 1.94 bits per heavy atom. The van der Waals surface area contributed by atoms with Gasteiger partial charge in [-0.15, -0.1) is 0 Å². The number of amides is 2. The molecule has 2 aromatic rings. The minimum Gasteiger partial charge on any atom is -0.477 e. The van der Waals surface area contributed by atoms with Gasteiger partial charge in [-0.3, -0.25) is 9.59 Å². The number of aliphatic hydroxyl groups excluding tert-OH is 1. The first-order valence-corrected chi connectivity index (χ1v) is 11.8. The maximum atomic E-state index is 14.6. The molecule has 1 atom stereocenters. The normalized spacial score (nSPS) is 18.8. The van der Waals surface area contributed by atoms with E-state index in [2.05, 4.69) is 4.98 Å². The highest BCUT2D eigenvalue weighted by Gasteiger charge is 2.39. The van der Waals surface area contributed by atoms with Crippen LogP contribution < -0.4 is 9.64 Å². The second-order valence-corrected chi connectivity index (χ2v) is 9.14. The number of carbonyl (C=O) groups is 2. The number of anilines is 1. The van der Waals surface area contributed by atoms with Crippen molar-refractivity contribution in [1.82, 2.24) is 14.8 Å². The van der Waals surface area contributed by atoms with Gasteiger partial charge in [0.15, 0.2) is 29.3 Å². The largest absolute Gasteiger partial charge is 0.477 e. The summed E-state index contributed by atoms with van der Waals surface area (Å²) in [5, 5.41) is 9.21. The van der Waals surface area contributed by atoms with Gasteiger partial charge < -0.3 is 24.5 Å². The van der Waals surface area contributed by atoms with Crippen molar-refractivity contribution in [3.05, 3.63) is 52.7 Å². The third-order valence-corrected chi connectivity index (χ3v) is 6.62. The van der Waals surface area contributed by atoms with Gasteiger partial charge in [0, 0.05) is 57.4 Å². The molecule has 2 aliphatic rings. The summed E-state index contributed by atoms with van der Waals surface area (Å²) in [6.45, 7) is 1.52. The number of hydrogen-bond donors (Lipinski definition) is 1. The number of pyridine rings is 1. The van der Waals surface area contributed by atoms with E-state index in [1.807, 2.05) is 4.90 Å². The molecule has 3 heterocycles. The molecule has 2 aliphatic heterocycles. The molecule has 11 heteroatoms. The molecule has 0 saturated carbocycles. The predicted octanol–water partition coefficient (Wildman–Crippen LogP) is 2.73. The van der Waals surface area contributed by atoms with Crippen molar-refractivity contribution >= 4 is 29.2 Å². The molecule has 1 unspecified atom stereocenters. The van der Waals surface area contributed by atoms with Crippen molar-refractivity contribution < 1.29 is 28.2 Å². The zero-order chi connectivity index (χ0) is 25.1. The van der Waals surface area contributed by atoms with E-state index in [4.69, 9.17) is 21.4 Å². The summed E-state index contributed by atoms with van der Waals surface area (Å²) in [5.74, 6) is -1.68. The number of piperidine rings is 1. The predicted molar refractivity (Wildman–Crippen MR) is 126 cm³/mol. The molecule has 1 aromatic heterocycles. The Morgan fingerprint density at radius 1 is 1.20 bits per heavy atom. The molecule has 0 spiro atoms. The summed E-state index contributed by atoms with van der Waals surface area (Å²) >= 11 is 5.78. The quantitative estimate of drug-likeness (QED) is 0.619. The van der Waals surface area contributed by atoms with Crippen LogP contribution in [0.25, 0.3) is 0 Å². The molecular formula is C24H27ClF2N4O4. The van der Waals surface area contributed by atoms with E-state index in [9.17, 15) is 18.4 Å². The Balaban J connectivity index is 1.34. The number of aromatic nitrogens is 1. The van der Waals surface area contributed by atoms with Crippen LogP contribution in [0.3, 0.4) is 0 Å². The Morgan fingerprint density at radius 3 is 2.60 bits per heavy atom. The highest BCUT2D eigenvalue weighted by molar-refractivity contribution is 6.30. The van der Waals surface area contributed by atoms with Crippen molar-refractivity contribution in [2.24, 2.45) is 0 Å². The average molecular weight is 509 g/mol. The number of aliphatic hydroxyl groups is 1. The van der Waals surface area contributed by atoms with Crippen LogP contribution in [0.5, 0.6) is 5.75 Å². The minimum absolute atomic E-state index is 0.0189. The van der Waals surface area contributed by atoms with E-state index in [-0.39, 0.29) is 47.3 Å². The van der Waals surface area contributed by atoms with Gasteiger partial charge in [0.2, 0.25) is 0 Å². The molecule has 0 radical (unpaired) electrons. The Hall–Kier alpha value is -2.98. The van der Waals surface area contributed by atoms with Crippen LogP contribution in [0.2, 0.25) is 5.02 Å². The van der Waals surface area contributed by atoms with Crippen LogP contribution in [-0.2, 0) is 4.79 Å². The highest BCUT2D eigenvalue weighted by atomic mass is 35.5. The summed E-state index contributed by atoms with van der Waals surface area (Å²) in [6, 6.07) is 5.07. The lowest BCUT2D eigenvalue weighted by atomic mass is 10.0. The highest BCUT2D eigenvalue weighted by Crippen LogP contribution is 2.29. The zero-order valence-corrected chi connectivity index (χ0v) is 20.0. The number of carbonyl (C=O) groups excluding carboxylic acids is 2. The molecular weight excluding hydrogens is 482 g/mol. The SMILES string of the molecule is CN(CCO)C(=O)c1ccc(OC2CCN(C3CCN(c4ncc(Cl)cc4F)CC3)C2=O)c(F)c1. The third-order valence-electron chi connectivity index (χ3n) is 6.41. The summed E-state index contributed by atoms with van der Waals surface area (Å²) in [7, 11) is 1.51. The second-order valence-electron chi connectivity index (χ2n) is 8.70. The van der Waals surface area contributed by atoms with Crippen LogP contribution in [-0.4, -0.2) is 83.7 Å². The molecule has 0 aliphatic carbocycles. The minimum atomic E-state index is -0.809. The lowest BCUT2D eigenvalue weighted by molar-refractivity contribution is -0.135. The van der Waals surface area contributed by atoms with Crippen molar-refractivity contribution in [3.8, 4) is 5.75 Å². The number of benzene rings is 1.